The second-order valence-electron chi connectivity index (χ2n) is 8.87. The van der Waals surface area contributed by atoms with Gasteiger partial charge in [-0.25, -0.2) is 4.40 Å². The number of benzene rings is 2. The van der Waals surface area contributed by atoms with Crippen LogP contribution in [0.3, 0.4) is 0 Å². The second-order valence-corrected chi connectivity index (χ2v) is 9.95. The Morgan fingerprint density at radius 1 is 0.943 bits per heavy atom. The van der Waals surface area contributed by atoms with Gasteiger partial charge in [-0.15, -0.1) is 21.5 Å². The van der Waals surface area contributed by atoms with Gasteiger partial charge in [0.15, 0.2) is 0 Å². The third kappa shape index (κ3) is 3.24. The van der Waals surface area contributed by atoms with Crippen LogP contribution in [0.2, 0.25) is 0 Å². The molecule has 0 amide bonds. The number of nitrogens with zero attached hydrogens (tertiary/aromatic N) is 5. The van der Waals surface area contributed by atoms with Crippen LogP contribution >= 0.6 is 11.3 Å². The fourth-order valence-corrected chi connectivity index (χ4v) is 6.37. The molecule has 6 aromatic rings. The van der Waals surface area contributed by atoms with Crippen LogP contribution in [-0.2, 0) is 19.4 Å². The van der Waals surface area contributed by atoms with E-state index in [2.05, 4.69) is 15.4 Å². The van der Waals surface area contributed by atoms with Crippen molar-refractivity contribution in [3.8, 4) is 22.8 Å². The third-order valence-electron chi connectivity index (χ3n) is 6.69. The molecule has 7 rings (SSSR count). The number of hydrogen-bond acceptors (Lipinski definition) is 6. The Hall–Kier alpha value is -4.04. The SMILES string of the molecule is O=c1c2c3c(sc2n2c(-c4cc(-c5ccccc5)no4)nnc2n1Cc1ccccc1)CCCC3. The minimum Gasteiger partial charge on any atom is -0.352 e. The topological polar surface area (TPSA) is 78.2 Å². The Morgan fingerprint density at radius 2 is 1.71 bits per heavy atom. The highest BCUT2D eigenvalue weighted by Gasteiger charge is 2.26. The van der Waals surface area contributed by atoms with Gasteiger partial charge >= 0.3 is 0 Å². The lowest BCUT2D eigenvalue weighted by molar-refractivity contribution is 0.432. The second kappa shape index (κ2) is 8.02. The van der Waals surface area contributed by atoms with E-state index < -0.39 is 0 Å². The molecule has 1 aliphatic rings. The van der Waals surface area contributed by atoms with Crippen LogP contribution in [0.1, 0.15) is 28.8 Å². The predicted molar refractivity (Wildman–Crippen MR) is 136 cm³/mol. The molecule has 0 fully saturated rings. The molecule has 4 aromatic heterocycles. The third-order valence-corrected chi connectivity index (χ3v) is 7.96. The average molecular weight is 480 g/mol. The molecule has 2 aromatic carbocycles. The molecule has 0 saturated heterocycles. The standard InChI is InChI=1S/C27H21N5O2S/c33-25-23-19-13-7-8-14-22(19)35-26(23)32-24(21-15-20(30-34-21)18-11-5-2-6-12-18)28-29-27(32)31(25)16-17-9-3-1-4-10-17/h1-6,9-12,15H,7-8,13-14,16H2. The molecule has 0 atom stereocenters. The molecule has 0 spiro atoms. The van der Waals surface area contributed by atoms with Gasteiger partial charge in [-0.3, -0.25) is 9.36 Å². The quantitative estimate of drug-likeness (QED) is 0.340. The van der Waals surface area contributed by atoms with Crippen molar-refractivity contribution < 1.29 is 4.52 Å². The van der Waals surface area contributed by atoms with Crippen LogP contribution in [-0.4, -0.2) is 24.3 Å². The first kappa shape index (κ1) is 20.3. The van der Waals surface area contributed by atoms with Crippen molar-refractivity contribution in [1.82, 2.24) is 24.3 Å². The lowest BCUT2D eigenvalue weighted by Gasteiger charge is -2.12. The highest BCUT2D eigenvalue weighted by molar-refractivity contribution is 7.19. The Balaban J connectivity index is 1.49. The molecular weight excluding hydrogens is 458 g/mol. The van der Waals surface area contributed by atoms with Crippen LogP contribution in [0.25, 0.3) is 38.8 Å². The maximum absolute atomic E-state index is 13.9. The van der Waals surface area contributed by atoms with E-state index >= 15 is 0 Å². The number of rotatable bonds is 4. The van der Waals surface area contributed by atoms with Gasteiger partial charge < -0.3 is 4.52 Å². The summed E-state index contributed by atoms with van der Waals surface area (Å²) in [5, 5.41) is 14.1. The van der Waals surface area contributed by atoms with Crippen molar-refractivity contribution in [1.29, 1.82) is 0 Å². The summed E-state index contributed by atoms with van der Waals surface area (Å²) in [7, 11) is 0. The highest BCUT2D eigenvalue weighted by atomic mass is 32.1. The van der Waals surface area contributed by atoms with Crippen LogP contribution in [0.5, 0.6) is 0 Å². The zero-order valence-electron chi connectivity index (χ0n) is 18.8. The fourth-order valence-electron chi connectivity index (χ4n) is 4.99. The molecule has 35 heavy (non-hydrogen) atoms. The molecule has 0 aliphatic heterocycles. The van der Waals surface area contributed by atoms with Crippen molar-refractivity contribution >= 4 is 27.3 Å². The molecule has 0 unspecified atom stereocenters. The monoisotopic (exact) mass is 479 g/mol. The molecule has 8 heteroatoms. The first-order valence-corrected chi connectivity index (χ1v) is 12.6. The van der Waals surface area contributed by atoms with Gasteiger partial charge in [0.25, 0.3) is 5.56 Å². The summed E-state index contributed by atoms with van der Waals surface area (Å²) in [5.74, 6) is 1.59. The summed E-state index contributed by atoms with van der Waals surface area (Å²) >= 11 is 1.68. The summed E-state index contributed by atoms with van der Waals surface area (Å²) in [4.78, 5) is 16.1. The molecule has 0 radical (unpaired) electrons. The van der Waals surface area contributed by atoms with Gasteiger partial charge in [0, 0.05) is 16.5 Å². The summed E-state index contributed by atoms with van der Waals surface area (Å²) < 4.78 is 9.48. The summed E-state index contributed by atoms with van der Waals surface area (Å²) in [5.41, 5.74) is 3.92. The molecule has 4 heterocycles. The van der Waals surface area contributed by atoms with E-state index in [1.807, 2.05) is 71.1 Å². The van der Waals surface area contributed by atoms with E-state index in [4.69, 9.17) is 4.52 Å². The zero-order chi connectivity index (χ0) is 23.4. The minimum absolute atomic E-state index is 0.00255. The molecule has 7 nitrogen and oxygen atoms in total. The fraction of sp³-hybridized carbons (Fsp3) is 0.185. The van der Waals surface area contributed by atoms with Crippen LogP contribution in [0, 0.1) is 0 Å². The van der Waals surface area contributed by atoms with E-state index in [9.17, 15) is 4.79 Å². The first-order chi connectivity index (χ1) is 17.3. The number of thiophene rings is 1. The summed E-state index contributed by atoms with van der Waals surface area (Å²) in [6.45, 7) is 0.424. The number of aromatic nitrogens is 5. The zero-order valence-corrected chi connectivity index (χ0v) is 19.7. The Kier molecular flexibility index (Phi) is 4.66. The smallest absolute Gasteiger partial charge is 0.264 e. The molecule has 1 aliphatic carbocycles. The Morgan fingerprint density at radius 3 is 2.54 bits per heavy atom. The normalized spacial score (nSPS) is 13.5. The van der Waals surface area contributed by atoms with Crippen molar-refractivity contribution in [2.45, 2.75) is 32.2 Å². The summed E-state index contributed by atoms with van der Waals surface area (Å²) in [6, 6.07) is 21.8. The highest BCUT2D eigenvalue weighted by Crippen LogP contribution is 2.37. The molecule has 0 bridgehead atoms. The van der Waals surface area contributed by atoms with Gasteiger partial charge in [0.05, 0.1) is 11.9 Å². The molecule has 0 saturated carbocycles. The van der Waals surface area contributed by atoms with E-state index in [-0.39, 0.29) is 5.56 Å². The van der Waals surface area contributed by atoms with E-state index in [1.165, 1.54) is 10.4 Å². The van der Waals surface area contributed by atoms with Crippen LogP contribution in [0.4, 0.5) is 0 Å². The van der Waals surface area contributed by atoms with Crippen molar-refractivity contribution in [2.24, 2.45) is 0 Å². The minimum atomic E-state index is -0.00255. The number of aryl methyl sites for hydroxylation is 2. The number of hydrogen-bond donors (Lipinski definition) is 0. The maximum Gasteiger partial charge on any atom is 0.264 e. The Labute approximate surface area is 204 Å². The average Bonchev–Trinajstić information content (AvgIpc) is 3.64. The van der Waals surface area contributed by atoms with Gasteiger partial charge in [0.2, 0.25) is 17.4 Å². The van der Waals surface area contributed by atoms with Crippen molar-refractivity contribution in [3.05, 3.63) is 93.1 Å². The molecule has 172 valence electrons. The Bertz CT molecular complexity index is 1750. The van der Waals surface area contributed by atoms with Gasteiger partial charge in [0.1, 0.15) is 10.5 Å². The van der Waals surface area contributed by atoms with Gasteiger partial charge in [-0.1, -0.05) is 65.8 Å². The van der Waals surface area contributed by atoms with Gasteiger partial charge in [-0.2, -0.15) is 0 Å². The summed E-state index contributed by atoms with van der Waals surface area (Å²) in [6.07, 6.45) is 4.19. The lowest BCUT2D eigenvalue weighted by Crippen LogP contribution is -2.24. The first-order valence-electron chi connectivity index (χ1n) is 11.8. The number of fused-ring (bicyclic) bond motifs is 5. The van der Waals surface area contributed by atoms with E-state index in [0.29, 0.717) is 23.9 Å². The molecule has 0 N–H and O–H groups in total. The van der Waals surface area contributed by atoms with Crippen molar-refractivity contribution in [3.63, 3.8) is 0 Å². The maximum atomic E-state index is 13.9. The van der Waals surface area contributed by atoms with E-state index in [0.717, 1.165) is 52.7 Å². The van der Waals surface area contributed by atoms with Crippen LogP contribution in [0.15, 0.2) is 76.0 Å². The lowest BCUT2D eigenvalue weighted by atomic mass is 9.97. The van der Waals surface area contributed by atoms with Crippen LogP contribution < -0.4 is 5.56 Å². The van der Waals surface area contributed by atoms with Gasteiger partial charge in [-0.05, 0) is 36.8 Å². The predicted octanol–water partition coefficient (Wildman–Crippen LogP) is 5.35. The largest absolute Gasteiger partial charge is 0.352 e. The van der Waals surface area contributed by atoms with Crippen molar-refractivity contribution in [2.75, 3.05) is 0 Å². The molecular formula is C27H21N5O2S. The van der Waals surface area contributed by atoms with E-state index in [1.54, 1.807) is 15.9 Å².